The molecular formula is C17H19BrN2O. The summed E-state index contributed by atoms with van der Waals surface area (Å²) >= 11 is 3.41. The van der Waals surface area contributed by atoms with Crippen LogP contribution in [0.2, 0.25) is 0 Å². The molecule has 0 aliphatic carbocycles. The van der Waals surface area contributed by atoms with Crippen LogP contribution in [0, 0.1) is 0 Å². The predicted molar refractivity (Wildman–Crippen MR) is 90.0 cm³/mol. The van der Waals surface area contributed by atoms with Crippen LogP contribution in [0.15, 0.2) is 53.0 Å². The fourth-order valence-corrected chi connectivity index (χ4v) is 2.50. The number of nitrogens with zero attached hydrogens (tertiary/aromatic N) is 1. The van der Waals surface area contributed by atoms with Gasteiger partial charge >= 0.3 is 0 Å². The van der Waals surface area contributed by atoms with Crippen LogP contribution in [0.3, 0.4) is 0 Å². The zero-order valence-corrected chi connectivity index (χ0v) is 13.8. The standard InChI is InChI=1S/C17H19BrN2O/c1-12(2)20(11-13-6-8-16(19)9-7-13)17(21)14-4-3-5-15(18)10-14/h3-10,12H,11,19H2,1-2H3. The summed E-state index contributed by atoms with van der Waals surface area (Å²) < 4.78 is 0.907. The van der Waals surface area contributed by atoms with Crippen molar-refractivity contribution in [3.8, 4) is 0 Å². The maximum absolute atomic E-state index is 12.7. The van der Waals surface area contributed by atoms with E-state index in [9.17, 15) is 4.79 Å². The van der Waals surface area contributed by atoms with E-state index < -0.39 is 0 Å². The van der Waals surface area contributed by atoms with Gasteiger partial charge in [-0.25, -0.2) is 0 Å². The molecule has 0 aliphatic rings. The Morgan fingerprint density at radius 1 is 1.19 bits per heavy atom. The fourth-order valence-electron chi connectivity index (χ4n) is 2.10. The SMILES string of the molecule is CC(C)N(Cc1ccc(N)cc1)C(=O)c1cccc(Br)c1. The molecule has 2 aromatic rings. The number of hydrogen-bond donors (Lipinski definition) is 1. The summed E-state index contributed by atoms with van der Waals surface area (Å²) in [5, 5.41) is 0. The minimum atomic E-state index is 0.0307. The Balaban J connectivity index is 2.22. The molecule has 0 saturated carbocycles. The first kappa shape index (κ1) is 15.6. The van der Waals surface area contributed by atoms with Crippen LogP contribution in [0.1, 0.15) is 29.8 Å². The Labute approximate surface area is 133 Å². The van der Waals surface area contributed by atoms with Gasteiger partial charge in [-0.3, -0.25) is 4.79 Å². The zero-order valence-electron chi connectivity index (χ0n) is 12.2. The Hall–Kier alpha value is -1.81. The van der Waals surface area contributed by atoms with Crippen molar-refractivity contribution in [2.75, 3.05) is 5.73 Å². The van der Waals surface area contributed by atoms with E-state index in [0.717, 1.165) is 15.7 Å². The second-order valence-electron chi connectivity index (χ2n) is 5.28. The second kappa shape index (κ2) is 6.76. The number of amides is 1. The lowest BCUT2D eigenvalue weighted by Gasteiger charge is -2.27. The molecule has 0 bridgehead atoms. The third-order valence-electron chi connectivity index (χ3n) is 3.29. The first-order valence-electron chi connectivity index (χ1n) is 6.88. The molecule has 2 N–H and O–H groups in total. The molecule has 3 nitrogen and oxygen atoms in total. The highest BCUT2D eigenvalue weighted by Gasteiger charge is 2.19. The van der Waals surface area contributed by atoms with Crippen LogP contribution in [0.25, 0.3) is 0 Å². The van der Waals surface area contributed by atoms with Gasteiger partial charge < -0.3 is 10.6 Å². The molecule has 2 rings (SSSR count). The van der Waals surface area contributed by atoms with Gasteiger partial charge in [0.05, 0.1) is 0 Å². The number of carbonyl (C=O) groups excluding carboxylic acids is 1. The van der Waals surface area contributed by atoms with Crippen LogP contribution in [0.5, 0.6) is 0 Å². The Bertz CT molecular complexity index is 623. The molecule has 0 unspecified atom stereocenters. The summed E-state index contributed by atoms with van der Waals surface area (Å²) in [5.74, 6) is 0.0307. The molecule has 4 heteroatoms. The monoisotopic (exact) mass is 346 g/mol. The predicted octanol–water partition coefficient (Wildman–Crippen LogP) is 4.08. The molecule has 2 aromatic carbocycles. The van der Waals surface area contributed by atoms with Crippen molar-refractivity contribution in [1.82, 2.24) is 4.90 Å². The van der Waals surface area contributed by atoms with Gasteiger partial charge in [0, 0.05) is 28.3 Å². The third kappa shape index (κ3) is 4.08. The molecule has 0 aliphatic heterocycles. The van der Waals surface area contributed by atoms with Gasteiger partial charge in [-0.05, 0) is 49.7 Å². The van der Waals surface area contributed by atoms with E-state index in [-0.39, 0.29) is 11.9 Å². The van der Waals surface area contributed by atoms with Crippen LogP contribution in [0.4, 0.5) is 5.69 Å². The summed E-state index contributed by atoms with van der Waals surface area (Å²) in [6.07, 6.45) is 0. The minimum absolute atomic E-state index is 0.0307. The molecular weight excluding hydrogens is 328 g/mol. The maximum atomic E-state index is 12.7. The zero-order chi connectivity index (χ0) is 15.4. The summed E-state index contributed by atoms with van der Waals surface area (Å²) in [5.41, 5.74) is 8.19. The van der Waals surface area contributed by atoms with Crippen LogP contribution < -0.4 is 5.73 Å². The molecule has 1 amide bonds. The van der Waals surface area contributed by atoms with Gasteiger partial charge in [0.1, 0.15) is 0 Å². The van der Waals surface area contributed by atoms with Crippen molar-refractivity contribution in [2.24, 2.45) is 0 Å². The Morgan fingerprint density at radius 3 is 2.43 bits per heavy atom. The van der Waals surface area contributed by atoms with Crippen LogP contribution in [-0.2, 0) is 6.54 Å². The van der Waals surface area contributed by atoms with Crippen molar-refractivity contribution in [2.45, 2.75) is 26.4 Å². The van der Waals surface area contributed by atoms with Gasteiger partial charge in [-0.2, -0.15) is 0 Å². The number of hydrogen-bond acceptors (Lipinski definition) is 2. The molecule has 0 fully saturated rings. The van der Waals surface area contributed by atoms with Gasteiger partial charge in [0.2, 0.25) is 0 Å². The number of rotatable bonds is 4. The molecule has 0 heterocycles. The Morgan fingerprint density at radius 2 is 1.86 bits per heavy atom. The third-order valence-corrected chi connectivity index (χ3v) is 3.78. The topological polar surface area (TPSA) is 46.3 Å². The van der Waals surface area contributed by atoms with Crippen molar-refractivity contribution in [3.63, 3.8) is 0 Å². The van der Waals surface area contributed by atoms with Gasteiger partial charge in [-0.15, -0.1) is 0 Å². The largest absolute Gasteiger partial charge is 0.399 e. The molecule has 0 radical (unpaired) electrons. The summed E-state index contributed by atoms with van der Waals surface area (Å²) in [7, 11) is 0. The number of nitrogen functional groups attached to an aromatic ring is 1. The average molecular weight is 347 g/mol. The molecule has 0 spiro atoms. The first-order chi connectivity index (χ1) is 9.97. The molecule has 110 valence electrons. The minimum Gasteiger partial charge on any atom is -0.399 e. The lowest BCUT2D eigenvalue weighted by molar-refractivity contribution is 0.0690. The van der Waals surface area contributed by atoms with Gasteiger partial charge in [0.15, 0.2) is 0 Å². The molecule has 0 saturated heterocycles. The van der Waals surface area contributed by atoms with Crippen LogP contribution >= 0.6 is 15.9 Å². The number of anilines is 1. The first-order valence-corrected chi connectivity index (χ1v) is 7.67. The summed E-state index contributed by atoms with van der Waals surface area (Å²) in [6.45, 7) is 4.61. The van der Waals surface area contributed by atoms with E-state index in [4.69, 9.17) is 5.73 Å². The summed E-state index contributed by atoms with van der Waals surface area (Å²) in [6, 6.07) is 15.2. The quantitative estimate of drug-likeness (QED) is 0.847. The van der Waals surface area contributed by atoms with E-state index >= 15 is 0 Å². The van der Waals surface area contributed by atoms with Crippen LogP contribution in [-0.4, -0.2) is 16.8 Å². The van der Waals surface area contributed by atoms with Crippen molar-refractivity contribution >= 4 is 27.5 Å². The van der Waals surface area contributed by atoms with Gasteiger partial charge in [0.25, 0.3) is 5.91 Å². The number of nitrogens with two attached hydrogens (primary N) is 1. The lowest BCUT2D eigenvalue weighted by atomic mass is 10.1. The van der Waals surface area contributed by atoms with E-state index in [1.165, 1.54) is 0 Å². The second-order valence-corrected chi connectivity index (χ2v) is 6.19. The lowest BCUT2D eigenvalue weighted by Crippen LogP contribution is -2.36. The highest BCUT2D eigenvalue weighted by atomic mass is 79.9. The van der Waals surface area contributed by atoms with E-state index in [2.05, 4.69) is 15.9 Å². The van der Waals surface area contributed by atoms with Crippen molar-refractivity contribution in [1.29, 1.82) is 0 Å². The van der Waals surface area contributed by atoms with E-state index in [0.29, 0.717) is 12.1 Å². The molecule has 0 aromatic heterocycles. The van der Waals surface area contributed by atoms with Crippen molar-refractivity contribution in [3.05, 3.63) is 64.1 Å². The van der Waals surface area contributed by atoms with Gasteiger partial charge in [-0.1, -0.05) is 34.1 Å². The number of halogens is 1. The smallest absolute Gasteiger partial charge is 0.254 e. The molecule has 0 atom stereocenters. The highest BCUT2D eigenvalue weighted by molar-refractivity contribution is 9.10. The maximum Gasteiger partial charge on any atom is 0.254 e. The highest BCUT2D eigenvalue weighted by Crippen LogP contribution is 2.17. The average Bonchev–Trinajstić information content (AvgIpc) is 2.45. The van der Waals surface area contributed by atoms with E-state index in [1.807, 2.05) is 67.3 Å². The number of carbonyl (C=O) groups is 1. The normalized spacial score (nSPS) is 10.7. The summed E-state index contributed by atoms with van der Waals surface area (Å²) in [4.78, 5) is 14.5. The molecule has 21 heavy (non-hydrogen) atoms. The van der Waals surface area contributed by atoms with Crippen molar-refractivity contribution < 1.29 is 4.79 Å². The fraction of sp³-hybridized carbons (Fsp3) is 0.235. The number of benzene rings is 2. The Kier molecular flexibility index (Phi) is 5.02. The van der Waals surface area contributed by atoms with E-state index in [1.54, 1.807) is 0 Å².